The number of hydrogen-bond donors (Lipinski definition) is 1. The predicted octanol–water partition coefficient (Wildman–Crippen LogP) is 3.79. The van der Waals surface area contributed by atoms with Crippen LogP contribution in [0.4, 0.5) is 5.82 Å². The van der Waals surface area contributed by atoms with Crippen molar-refractivity contribution < 1.29 is 4.79 Å². The number of hydrogen-bond acceptors (Lipinski definition) is 7. The summed E-state index contributed by atoms with van der Waals surface area (Å²) in [6.07, 6.45) is 2.10. The van der Waals surface area contributed by atoms with Crippen molar-refractivity contribution in [1.82, 2.24) is 14.9 Å². The van der Waals surface area contributed by atoms with Crippen molar-refractivity contribution in [3.05, 3.63) is 33.8 Å². The molecule has 2 N–H and O–H groups in total. The van der Waals surface area contributed by atoms with Gasteiger partial charge in [-0.05, 0) is 35.7 Å². The summed E-state index contributed by atoms with van der Waals surface area (Å²) in [4.78, 5) is 25.6. The highest BCUT2D eigenvalue weighted by Gasteiger charge is 2.30. The number of anilines is 1. The fourth-order valence-electron chi connectivity index (χ4n) is 2.97. The summed E-state index contributed by atoms with van der Waals surface area (Å²) < 4.78 is 0. The number of fused-ring (bicyclic) bond motifs is 1. The van der Waals surface area contributed by atoms with Gasteiger partial charge in [0.25, 0.3) is 0 Å². The van der Waals surface area contributed by atoms with E-state index in [1.54, 1.807) is 11.3 Å². The largest absolute Gasteiger partial charge is 0.383 e. The molecule has 0 spiro atoms. The molecule has 0 bridgehead atoms. The lowest BCUT2D eigenvalue weighted by Crippen LogP contribution is -2.31. The third-order valence-electron chi connectivity index (χ3n) is 4.10. The van der Waals surface area contributed by atoms with E-state index in [9.17, 15) is 4.79 Å². The summed E-state index contributed by atoms with van der Waals surface area (Å²) in [6.45, 7) is 0.828. The zero-order valence-electron chi connectivity index (χ0n) is 12.8. The van der Waals surface area contributed by atoms with Crippen LogP contribution in [0.2, 0.25) is 0 Å². The second kappa shape index (κ2) is 6.70. The molecule has 1 aliphatic heterocycles. The molecule has 124 valence electrons. The summed E-state index contributed by atoms with van der Waals surface area (Å²) in [6, 6.07) is 6.31. The van der Waals surface area contributed by atoms with Gasteiger partial charge in [-0.1, -0.05) is 17.8 Å². The number of rotatable bonds is 4. The van der Waals surface area contributed by atoms with E-state index in [1.807, 2.05) is 22.4 Å². The van der Waals surface area contributed by atoms with Crippen molar-refractivity contribution in [2.24, 2.45) is 0 Å². The van der Waals surface area contributed by atoms with Crippen LogP contribution in [0.5, 0.6) is 0 Å². The third-order valence-corrected chi connectivity index (χ3v) is 6.72. The second-order valence-corrected chi connectivity index (χ2v) is 8.40. The summed E-state index contributed by atoms with van der Waals surface area (Å²) in [5.74, 6) is 0.969. The van der Waals surface area contributed by atoms with Crippen LogP contribution in [0.25, 0.3) is 10.2 Å². The summed E-state index contributed by atoms with van der Waals surface area (Å²) in [5.41, 5.74) is 5.96. The minimum Gasteiger partial charge on any atom is -0.383 e. The molecule has 5 nitrogen and oxygen atoms in total. The quantitative estimate of drug-likeness (QED) is 0.554. The fraction of sp³-hybridized carbons (Fsp3) is 0.312. The maximum Gasteiger partial charge on any atom is 0.233 e. The molecular weight excluding hydrogens is 360 g/mol. The van der Waals surface area contributed by atoms with Crippen LogP contribution < -0.4 is 5.73 Å². The first-order valence-corrected chi connectivity index (χ1v) is 10.4. The summed E-state index contributed by atoms with van der Waals surface area (Å²) in [5, 5.41) is 5.47. The Hall–Kier alpha value is -1.64. The number of carbonyl (C=O) groups excluding carboxylic acids is 1. The number of thioether (sulfide) groups is 1. The van der Waals surface area contributed by atoms with Crippen LogP contribution in [0, 0.1) is 0 Å². The molecule has 1 fully saturated rings. The highest BCUT2D eigenvalue weighted by molar-refractivity contribution is 7.99. The lowest BCUT2D eigenvalue weighted by Gasteiger charge is -2.23. The Morgan fingerprint density at radius 2 is 2.25 bits per heavy atom. The molecule has 0 aromatic carbocycles. The van der Waals surface area contributed by atoms with Crippen LogP contribution in [-0.4, -0.2) is 33.1 Å². The molecule has 1 aliphatic rings. The molecule has 1 unspecified atom stereocenters. The van der Waals surface area contributed by atoms with Gasteiger partial charge < -0.3 is 10.6 Å². The van der Waals surface area contributed by atoms with Crippen molar-refractivity contribution in [2.75, 3.05) is 18.0 Å². The number of nitrogens with two attached hydrogens (primary N) is 1. The SMILES string of the molecule is Nc1nc(SCC(=O)N2CCCC2c2cccs2)nc2sccc12. The van der Waals surface area contributed by atoms with Crippen molar-refractivity contribution in [1.29, 1.82) is 0 Å². The Labute approximate surface area is 151 Å². The van der Waals surface area contributed by atoms with Gasteiger partial charge in [-0.25, -0.2) is 9.97 Å². The van der Waals surface area contributed by atoms with Crippen LogP contribution in [-0.2, 0) is 4.79 Å². The van der Waals surface area contributed by atoms with Crippen LogP contribution in [0.3, 0.4) is 0 Å². The van der Waals surface area contributed by atoms with E-state index < -0.39 is 0 Å². The average Bonchev–Trinajstić information content (AvgIpc) is 3.31. The normalized spacial score (nSPS) is 17.7. The average molecular weight is 377 g/mol. The molecule has 1 amide bonds. The lowest BCUT2D eigenvalue weighted by molar-refractivity contribution is -0.129. The zero-order chi connectivity index (χ0) is 16.5. The first kappa shape index (κ1) is 15.9. The highest BCUT2D eigenvalue weighted by Crippen LogP contribution is 2.35. The van der Waals surface area contributed by atoms with E-state index in [2.05, 4.69) is 21.4 Å². The van der Waals surface area contributed by atoms with E-state index in [4.69, 9.17) is 5.73 Å². The molecule has 0 saturated carbocycles. The summed E-state index contributed by atoms with van der Waals surface area (Å²) in [7, 11) is 0. The van der Waals surface area contributed by atoms with Gasteiger partial charge in [0, 0.05) is 11.4 Å². The van der Waals surface area contributed by atoms with Crippen molar-refractivity contribution >= 4 is 56.4 Å². The van der Waals surface area contributed by atoms with Gasteiger partial charge >= 0.3 is 0 Å². The molecule has 1 atom stereocenters. The molecule has 3 aromatic heterocycles. The summed E-state index contributed by atoms with van der Waals surface area (Å²) >= 11 is 4.62. The monoisotopic (exact) mass is 376 g/mol. The van der Waals surface area contributed by atoms with Gasteiger partial charge in [0.2, 0.25) is 5.91 Å². The number of nitrogen functional groups attached to an aromatic ring is 1. The predicted molar refractivity (Wildman–Crippen MR) is 101 cm³/mol. The molecular formula is C16H16N4OS3. The van der Waals surface area contributed by atoms with E-state index in [1.165, 1.54) is 28.0 Å². The molecule has 0 radical (unpaired) electrons. The van der Waals surface area contributed by atoms with E-state index in [0.29, 0.717) is 16.7 Å². The fourth-order valence-corrected chi connectivity index (χ4v) is 5.41. The first-order chi connectivity index (χ1) is 11.7. The van der Waals surface area contributed by atoms with Crippen LogP contribution in [0.1, 0.15) is 23.8 Å². The Morgan fingerprint density at radius 3 is 3.08 bits per heavy atom. The van der Waals surface area contributed by atoms with Crippen LogP contribution >= 0.6 is 34.4 Å². The van der Waals surface area contributed by atoms with E-state index in [0.717, 1.165) is 29.6 Å². The Kier molecular flexibility index (Phi) is 4.43. The number of amides is 1. The lowest BCUT2D eigenvalue weighted by atomic mass is 10.2. The molecule has 8 heteroatoms. The molecule has 3 aromatic rings. The maximum absolute atomic E-state index is 12.6. The number of aromatic nitrogens is 2. The van der Waals surface area contributed by atoms with Gasteiger partial charge in [0.05, 0.1) is 17.2 Å². The molecule has 24 heavy (non-hydrogen) atoms. The maximum atomic E-state index is 12.6. The van der Waals surface area contributed by atoms with Crippen molar-refractivity contribution in [3.8, 4) is 0 Å². The number of nitrogens with zero attached hydrogens (tertiary/aromatic N) is 3. The van der Waals surface area contributed by atoms with E-state index in [-0.39, 0.29) is 11.9 Å². The topological polar surface area (TPSA) is 72.1 Å². The van der Waals surface area contributed by atoms with Crippen molar-refractivity contribution in [2.45, 2.75) is 24.0 Å². The van der Waals surface area contributed by atoms with Crippen LogP contribution in [0.15, 0.2) is 34.1 Å². The highest BCUT2D eigenvalue weighted by atomic mass is 32.2. The van der Waals surface area contributed by atoms with Gasteiger partial charge in [-0.3, -0.25) is 4.79 Å². The number of carbonyl (C=O) groups is 1. The standard InChI is InChI=1S/C16H16N4OS3/c17-14-10-5-8-23-15(10)19-16(18-14)24-9-13(21)20-6-1-3-11(20)12-4-2-7-22-12/h2,4-5,7-8,11H,1,3,6,9H2,(H2,17,18,19). The molecule has 4 rings (SSSR count). The minimum absolute atomic E-state index is 0.143. The Morgan fingerprint density at radius 1 is 1.33 bits per heavy atom. The Bertz CT molecular complexity index is 861. The van der Waals surface area contributed by atoms with Gasteiger partial charge in [0.1, 0.15) is 10.6 Å². The van der Waals surface area contributed by atoms with Crippen molar-refractivity contribution in [3.63, 3.8) is 0 Å². The van der Waals surface area contributed by atoms with Gasteiger partial charge in [-0.15, -0.1) is 22.7 Å². The smallest absolute Gasteiger partial charge is 0.233 e. The molecule has 0 aliphatic carbocycles. The Balaban J connectivity index is 1.45. The third kappa shape index (κ3) is 3.01. The first-order valence-electron chi connectivity index (χ1n) is 7.69. The van der Waals surface area contributed by atoms with E-state index >= 15 is 0 Å². The second-order valence-electron chi connectivity index (χ2n) is 5.58. The zero-order valence-corrected chi connectivity index (χ0v) is 15.3. The molecule has 1 saturated heterocycles. The minimum atomic E-state index is 0.143. The number of likely N-dealkylation sites (tertiary alicyclic amines) is 1. The van der Waals surface area contributed by atoms with Gasteiger partial charge in [0.15, 0.2) is 5.16 Å². The van der Waals surface area contributed by atoms with Gasteiger partial charge in [-0.2, -0.15) is 0 Å². The molecule has 4 heterocycles. The number of thiophene rings is 2.